The van der Waals surface area contributed by atoms with Crippen molar-refractivity contribution in [2.45, 2.75) is 26.2 Å². The first-order valence-electron chi connectivity index (χ1n) is 9.08. The maximum absolute atomic E-state index is 12.3. The number of pyridine rings is 2. The number of piperidine rings is 1. The fourth-order valence-corrected chi connectivity index (χ4v) is 3.44. The maximum Gasteiger partial charge on any atom is 0.257 e. The van der Waals surface area contributed by atoms with Crippen molar-refractivity contribution in [3.63, 3.8) is 0 Å². The normalized spacial score (nSPS) is 14.4. The zero-order valence-electron chi connectivity index (χ0n) is 14.9. The second kappa shape index (κ2) is 7.12. The SMILES string of the molecule is Cc1cc(N2CCCCC2)nc2ccc(NC(=O)c3cccnc3)cc12. The van der Waals surface area contributed by atoms with E-state index in [9.17, 15) is 4.79 Å². The first-order chi connectivity index (χ1) is 12.7. The van der Waals surface area contributed by atoms with E-state index in [0.717, 1.165) is 35.5 Å². The van der Waals surface area contributed by atoms with Gasteiger partial charge in [-0.05, 0) is 68.1 Å². The van der Waals surface area contributed by atoms with Crippen LogP contribution in [0.25, 0.3) is 10.9 Å². The number of nitrogens with zero attached hydrogens (tertiary/aromatic N) is 3. The highest BCUT2D eigenvalue weighted by molar-refractivity contribution is 6.05. The first-order valence-corrected chi connectivity index (χ1v) is 9.08. The largest absolute Gasteiger partial charge is 0.357 e. The molecule has 0 bridgehead atoms. The Labute approximate surface area is 153 Å². The molecule has 3 aromatic rings. The topological polar surface area (TPSA) is 58.1 Å². The summed E-state index contributed by atoms with van der Waals surface area (Å²) in [6.45, 7) is 4.26. The highest BCUT2D eigenvalue weighted by atomic mass is 16.1. The quantitative estimate of drug-likeness (QED) is 0.773. The fraction of sp³-hybridized carbons (Fsp3) is 0.286. The minimum Gasteiger partial charge on any atom is -0.357 e. The molecule has 0 atom stereocenters. The molecule has 4 rings (SSSR count). The second-order valence-corrected chi connectivity index (χ2v) is 6.77. The van der Waals surface area contributed by atoms with Crippen molar-refractivity contribution < 1.29 is 4.79 Å². The Hall–Kier alpha value is -2.95. The Morgan fingerprint density at radius 2 is 1.96 bits per heavy atom. The molecular weight excluding hydrogens is 324 g/mol. The number of nitrogens with one attached hydrogen (secondary N) is 1. The molecule has 2 aromatic heterocycles. The van der Waals surface area contributed by atoms with Crippen molar-refractivity contribution in [1.29, 1.82) is 0 Å². The third kappa shape index (κ3) is 3.38. The van der Waals surface area contributed by atoms with Crippen molar-refractivity contribution >= 4 is 28.3 Å². The summed E-state index contributed by atoms with van der Waals surface area (Å²) in [7, 11) is 0. The molecule has 26 heavy (non-hydrogen) atoms. The van der Waals surface area contributed by atoms with Crippen LogP contribution in [0.15, 0.2) is 48.8 Å². The maximum atomic E-state index is 12.3. The predicted molar refractivity (Wildman–Crippen MR) is 105 cm³/mol. The minimum atomic E-state index is -0.159. The first kappa shape index (κ1) is 16.5. The van der Waals surface area contributed by atoms with E-state index in [1.807, 2.05) is 18.2 Å². The van der Waals surface area contributed by atoms with E-state index in [0.29, 0.717) is 5.56 Å². The number of aryl methyl sites for hydroxylation is 1. The predicted octanol–water partition coefficient (Wildman–Crippen LogP) is 4.18. The molecule has 1 aliphatic rings. The van der Waals surface area contributed by atoms with Gasteiger partial charge in [0.05, 0.1) is 11.1 Å². The number of anilines is 2. The summed E-state index contributed by atoms with van der Waals surface area (Å²) in [5, 5.41) is 4.00. The zero-order chi connectivity index (χ0) is 17.9. The molecule has 0 unspecified atom stereocenters. The van der Waals surface area contributed by atoms with E-state index in [1.165, 1.54) is 24.8 Å². The molecule has 3 heterocycles. The highest BCUT2D eigenvalue weighted by Crippen LogP contribution is 2.27. The fourth-order valence-electron chi connectivity index (χ4n) is 3.44. The van der Waals surface area contributed by atoms with Gasteiger partial charge in [-0.3, -0.25) is 9.78 Å². The summed E-state index contributed by atoms with van der Waals surface area (Å²) in [6, 6.07) is 11.5. The molecule has 5 heteroatoms. The van der Waals surface area contributed by atoms with Crippen LogP contribution < -0.4 is 10.2 Å². The van der Waals surface area contributed by atoms with Crippen LogP contribution in [0.3, 0.4) is 0 Å². The summed E-state index contributed by atoms with van der Waals surface area (Å²) < 4.78 is 0. The van der Waals surface area contributed by atoms with Crippen LogP contribution in [-0.2, 0) is 0 Å². The van der Waals surface area contributed by atoms with E-state index < -0.39 is 0 Å². The van der Waals surface area contributed by atoms with Crippen LogP contribution in [-0.4, -0.2) is 29.0 Å². The number of fused-ring (bicyclic) bond motifs is 1. The molecule has 5 nitrogen and oxygen atoms in total. The van der Waals surface area contributed by atoms with E-state index in [-0.39, 0.29) is 5.91 Å². The van der Waals surface area contributed by atoms with E-state index >= 15 is 0 Å². The number of carbonyl (C=O) groups excluding carboxylic acids is 1. The molecule has 0 saturated carbocycles. The van der Waals surface area contributed by atoms with E-state index in [1.54, 1.807) is 24.5 Å². The summed E-state index contributed by atoms with van der Waals surface area (Å²) in [6.07, 6.45) is 7.00. The third-order valence-corrected chi connectivity index (χ3v) is 4.86. The van der Waals surface area contributed by atoms with Gasteiger partial charge in [0.15, 0.2) is 0 Å². The molecule has 132 valence electrons. The average Bonchev–Trinajstić information content (AvgIpc) is 2.69. The number of hydrogen-bond acceptors (Lipinski definition) is 4. The Kier molecular flexibility index (Phi) is 4.52. The molecule has 1 aliphatic heterocycles. The number of benzene rings is 1. The van der Waals surface area contributed by atoms with Gasteiger partial charge >= 0.3 is 0 Å². The number of rotatable bonds is 3. The molecule has 1 amide bonds. The molecule has 1 aromatic carbocycles. The lowest BCUT2D eigenvalue weighted by Crippen LogP contribution is -2.30. The summed E-state index contributed by atoms with van der Waals surface area (Å²) in [5.41, 5.74) is 3.45. The second-order valence-electron chi connectivity index (χ2n) is 6.77. The van der Waals surface area contributed by atoms with Crippen molar-refractivity contribution in [3.05, 3.63) is 59.9 Å². The molecular formula is C21H22N4O. The minimum absolute atomic E-state index is 0.159. The van der Waals surface area contributed by atoms with Gasteiger partial charge in [-0.2, -0.15) is 0 Å². The Balaban J connectivity index is 1.61. The van der Waals surface area contributed by atoms with Gasteiger partial charge < -0.3 is 10.2 Å². The van der Waals surface area contributed by atoms with Crippen molar-refractivity contribution in [2.24, 2.45) is 0 Å². The molecule has 1 N–H and O–H groups in total. The van der Waals surface area contributed by atoms with Gasteiger partial charge in [0.1, 0.15) is 5.82 Å². The van der Waals surface area contributed by atoms with Gasteiger partial charge in [-0.25, -0.2) is 4.98 Å². The molecule has 1 saturated heterocycles. The zero-order valence-corrected chi connectivity index (χ0v) is 14.9. The lowest BCUT2D eigenvalue weighted by Gasteiger charge is -2.28. The number of carbonyl (C=O) groups is 1. The van der Waals surface area contributed by atoms with Gasteiger partial charge in [0.2, 0.25) is 0 Å². The van der Waals surface area contributed by atoms with Crippen LogP contribution in [0.4, 0.5) is 11.5 Å². The third-order valence-electron chi connectivity index (χ3n) is 4.86. The smallest absolute Gasteiger partial charge is 0.257 e. The average molecular weight is 346 g/mol. The van der Waals surface area contributed by atoms with Gasteiger partial charge in [0.25, 0.3) is 5.91 Å². The standard InChI is InChI=1S/C21H22N4O/c1-15-12-20(25-10-3-2-4-11-25)24-19-8-7-17(13-18(15)19)23-21(26)16-6-5-9-22-14-16/h5-9,12-14H,2-4,10-11H2,1H3,(H,23,26). The Bertz CT molecular complexity index is 933. The van der Waals surface area contributed by atoms with Crippen LogP contribution >= 0.6 is 0 Å². The van der Waals surface area contributed by atoms with Crippen molar-refractivity contribution in [2.75, 3.05) is 23.3 Å². The molecule has 1 fully saturated rings. The van der Waals surface area contributed by atoms with Crippen molar-refractivity contribution in [3.8, 4) is 0 Å². The van der Waals surface area contributed by atoms with E-state index in [2.05, 4.69) is 28.2 Å². The Morgan fingerprint density at radius 1 is 1.12 bits per heavy atom. The van der Waals surface area contributed by atoms with Crippen LogP contribution in [0.5, 0.6) is 0 Å². The van der Waals surface area contributed by atoms with Crippen molar-refractivity contribution in [1.82, 2.24) is 9.97 Å². The number of aromatic nitrogens is 2. The lowest BCUT2D eigenvalue weighted by molar-refractivity contribution is 0.102. The summed E-state index contributed by atoms with van der Waals surface area (Å²) in [5.74, 6) is 0.898. The monoisotopic (exact) mass is 346 g/mol. The Morgan fingerprint density at radius 3 is 2.73 bits per heavy atom. The van der Waals surface area contributed by atoms with Gasteiger partial charge in [-0.15, -0.1) is 0 Å². The number of amides is 1. The van der Waals surface area contributed by atoms with Gasteiger partial charge in [0, 0.05) is 36.6 Å². The lowest BCUT2D eigenvalue weighted by atomic mass is 10.1. The van der Waals surface area contributed by atoms with Crippen LogP contribution in [0, 0.1) is 6.92 Å². The van der Waals surface area contributed by atoms with Crippen LogP contribution in [0.1, 0.15) is 35.2 Å². The number of hydrogen-bond donors (Lipinski definition) is 1. The molecule has 0 spiro atoms. The molecule has 0 aliphatic carbocycles. The molecule has 0 radical (unpaired) electrons. The highest BCUT2D eigenvalue weighted by Gasteiger charge is 2.14. The van der Waals surface area contributed by atoms with Crippen LogP contribution in [0.2, 0.25) is 0 Å². The van der Waals surface area contributed by atoms with E-state index in [4.69, 9.17) is 4.98 Å². The summed E-state index contributed by atoms with van der Waals surface area (Å²) >= 11 is 0. The summed E-state index contributed by atoms with van der Waals surface area (Å²) in [4.78, 5) is 23.5. The van der Waals surface area contributed by atoms with Gasteiger partial charge in [-0.1, -0.05) is 0 Å².